The molecule has 3 N–H and O–H groups in total. The Labute approximate surface area is 133 Å². The number of hydrogen-bond acceptors (Lipinski definition) is 8. The number of aliphatic carboxylic acids is 1. The maximum absolute atomic E-state index is 11.0. The van der Waals surface area contributed by atoms with E-state index in [4.69, 9.17) is 10.8 Å². The van der Waals surface area contributed by atoms with Crippen molar-refractivity contribution in [1.82, 2.24) is 0 Å². The molecule has 9 nitrogen and oxygen atoms in total. The molecule has 0 aromatic rings. The zero-order valence-corrected chi connectivity index (χ0v) is 13.2. The molecular weight excluding hydrogens is 310 g/mol. The lowest BCUT2D eigenvalue weighted by Gasteiger charge is -2.08. The molecule has 0 unspecified atom stereocenters. The highest BCUT2D eigenvalue weighted by atomic mass is 16.6. The standard InChI is InChI=1S/C9H13NO6.C5H8O2/c1-5(11)15-8(13)4-3-7(10)9(14)16-6(2)12;1-2-3-4-5(6)7/h7H,3-4,10H2,1-2H3;3-4H,2H2,1H3,(H,6,7)/t7-;/m0./s1. The summed E-state index contributed by atoms with van der Waals surface area (Å²) in [7, 11) is 0. The third-order valence-corrected chi connectivity index (χ3v) is 1.96. The largest absolute Gasteiger partial charge is 0.478 e. The Bertz CT molecular complexity index is 469. The van der Waals surface area contributed by atoms with Gasteiger partial charge in [0.05, 0.1) is 0 Å². The monoisotopic (exact) mass is 331 g/mol. The van der Waals surface area contributed by atoms with Crippen LogP contribution in [0, 0.1) is 0 Å². The summed E-state index contributed by atoms with van der Waals surface area (Å²) in [5.74, 6) is -4.07. The van der Waals surface area contributed by atoms with E-state index in [1.165, 1.54) is 0 Å². The van der Waals surface area contributed by atoms with Gasteiger partial charge in [0, 0.05) is 26.3 Å². The molecule has 0 aliphatic carbocycles. The zero-order chi connectivity index (χ0) is 18.4. The second kappa shape index (κ2) is 13.1. The van der Waals surface area contributed by atoms with Gasteiger partial charge < -0.3 is 20.3 Å². The van der Waals surface area contributed by atoms with E-state index in [-0.39, 0.29) is 12.8 Å². The Balaban J connectivity index is 0. The fourth-order valence-electron chi connectivity index (χ4n) is 1.04. The van der Waals surface area contributed by atoms with E-state index in [0.29, 0.717) is 0 Å². The van der Waals surface area contributed by atoms with Gasteiger partial charge in [0.15, 0.2) is 0 Å². The molecule has 0 radical (unpaired) electrons. The average molecular weight is 331 g/mol. The number of nitrogens with two attached hydrogens (primary N) is 1. The van der Waals surface area contributed by atoms with Gasteiger partial charge in [0.25, 0.3) is 0 Å². The number of carboxylic acids is 1. The number of rotatable bonds is 6. The molecule has 0 saturated heterocycles. The van der Waals surface area contributed by atoms with Crippen molar-refractivity contribution in [2.75, 3.05) is 0 Å². The molecule has 0 fully saturated rings. The van der Waals surface area contributed by atoms with E-state index < -0.39 is 35.9 Å². The van der Waals surface area contributed by atoms with E-state index in [0.717, 1.165) is 26.3 Å². The highest BCUT2D eigenvalue weighted by Crippen LogP contribution is 1.99. The normalized spacial score (nSPS) is 11.0. The zero-order valence-electron chi connectivity index (χ0n) is 13.2. The molecule has 0 amide bonds. The smallest absolute Gasteiger partial charge is 0.330 e. The lowest BCUT2D eigenvalue weighted by Crippen LogP contribution is -2.34. The molecule has 0 aliphatic heterocycles. The van der Waals surface area contributed by atoms with E-state index >= 15 is 0 Å². The third kappa shape index (κ3) is 17.4. The minimum absolute atomic E-state index is 0.0573. The van der Waals surface area contributed by atoms with Crippen LogP contribution < -0.4 is 5.73 Å². The number of hydrogen-bond donors (Lipinski definition) is 2. The Hall–Kier alpha value is -2.55. The van der Waals surface area contributed by atoms with E-state index in [2.05, 4.69) is 9.47 Å². The van der Waals surface area contributed by atoms with Gasteiger partial charge in [0.1, 0.15) is 6.04 Å². The van der Waals surface area contributed by atoms with Crippen LogP contribution in [0.25, 0.3) is 0 Å². The Morgan fingerprint density at radius 1 is 1.09 bits per heavy atom. The van der Waals surface area contributed by atoms with Gasteiger partial charge in [-0.25, -0.2) is 9.59 Å². The molecule has 0 spiro atoms. The molecule has 130 valence electrons. The molecule has 23 heavy (non-hydrogen) atoms. The summed E-state index contributed by atoms with van der Waals surface area (Å²) in [6, 6.07) is -1.09. The van der Waals surface area contributed by atoms with Crippen LogP contribution in [-0.4, -0.2) is 41.0 Å². The summed E-state index contributed by atoms with van der Waals surface area (Å²) in [4.78, 5) is 52.3. The lowest BCUT2D eigenvalue weighted by atomic mass is 10.2. The van der Waals surface area contributed by atoms with Crippen LogP contribution in [0.2, 0.25) is 0 Å². The Morgan fingerprint density at radius 2 is 1.61 bits per heavy atom. The van der Waals surface area contributed by atoms with Crippen molar-refractivity contribution < 1.29 is 38.6 Å². The van der Waals surface area contributed by atoms with Crippen LogP contribution in [0.3, 0.4) is 0 Å². The van der Waals surface area contributed by atoms with Gasteiger partial charge >= 0.3 is 29.8 Å². The fourth-order valence-corrected chi connectivity index (χ4v) is 1.04. The van der Waals surface area contributed by atoms with Crippen molar-refractivity contribution >= 4 is 29.8 Å². The van der Waals surface area contributed by atoms with Crippen molar-refractivity contribution in [1.29, 1.82) is 0 Å². The van der Waals surface area contributed by atoms with Crippen LogP contribution in [-0.2, 0) is 33.4 Å². The molecule has 0 bridgehead atoms. The predicted octanol–water partition coefficient (Wildman–Crippen LogP) is 0.310. The van der Waals surface area contributed by atoms with Crippen molar-refractivity contribution in [3.63, 3.8) is 0 Å². The summed E-state index contributed by atoms with van der Waals surface area (Å²) in [5, 5.41) is 7.96. The Morgan fingerprint density at radius 3 is 1.96 bits per heavy atom. The van der Waals surface area contributed by atoms with Crippen molar-refractivity contribution in [2.45, 2.75) is 46.1 Å². The summed E-state index contributed by atoms with van der Waals surface area (Å²) in [6.07, 6.45) is 3.26. The first kappa shape index (κ1) is 22.7. The van der Waals surface area contributed by atoms with Gasteiger partial charge in [-0.1, -0.05) is 13.0 Å². The minimum atomic E-state index is -1.09. The molecule has 0 aromatic heterocycles. The molecular formula is C14H21NO8. The topological polar surface area (TPSA) is 150 Å². The summed E-state index contributed by atoms with van der Waals surface area (Å²) in [5.41, 5.74) is 5.33. The van der Waals surface area contributed by atoms with Gasteiger partial charge in [0.2, 0.25) is 0 Å². The van der Waals surface area contributed by atoms with Crippen LogP contribution in [0.15, 0.2) is 12.2 Å². The van der Waals surface area contributed by atoms with Gasteiger partial charge in [-0.05, 0) is 12.8 Å². The van der Waals surface area contributed by atoms with Crippen molar-refractivity contribution in [2.24, 2.45) is 5.73 Å². The molecule has 0 aromatic carbocycles. The maximum Gasteiger partial charge on any atom is 0.330 e. The number of esters is 4. The van der Waals surface area contributed by atoms with Crippen LogP contribution in [0.4, 0.5) is 0 Å². The number of ether oxygens (including phenoxy) is 2. The number of carbonyl (C=O) groups excluding carboxylic acids is 4. The molecule has 9 heteroatoms. The molecule has 1 atom stereocenters. The quantitative estimate of drug-likeness (QED) is 0.398. The molecule has 0 aliphatic rings. The Kier molecular flexibility index (Phi) is 13.0. The summed E-state index contributed by atoms with van der Waals surface area (Å²) in [6.45, 7) is 4.04. The molecule has 0 heterocycles. The second-order valence-corrected chi connectivity index (χ2v) is 4.17. The summed E-state index contributed by atoms with van der Waals surface area (Å²) < 4.78 is 8.41. The van der Waals surface area contributed by atoms with E-state index in [9.17, 15) is 24.0 Å². The first-order valence-electron chi connectivity index (χ1n) is 6.68. The van der Waals surface area contributed by atoms with Crippen LogP contribution >= 0.6 is 0 Å². The average Bonchev–Trinajstić information content (AvgIpc) is 2.41. The van der Waals surface area contributed by atoms with E-state index in [1.54, 1.807) is 6.08 Å². The van der Waals surface area contributed by atoms with Gasteiger partial charge in [-0.2, -0.15) is 0 Å². The van der Waals surface area contributed by atoms with Crippen LogP contribution in [0.1, 0.15) is 40.0 Å². The SMILES string of the molecule is CC(=O)OC(=O)CC[C@H](N)C(=O)OC(C)=O.CCC=CC(=O)O. The molecule has 0 rings (SSSR count). The summed E-state index contributed by atoms with van der Waals surface area (Å²) >= 11 is 0. The third-order valence-electron chi connectivity index (χ3n) is 1.96. The lowest BCUT2D eigenvalue weighted by molar-refractivity contribution is -0.159. The number of allylic oxidation sites excluding steroid dienone is 1. The van der Waals surface area contributed by atoms with E-state index in [1.807, 2.05) is 6.92 Å². The highest BCUT2D eigenvalue weighted by molar-refractivity contribution is 5.88. The number of carbonyl (C=O) groups is 5. The van der Waals surface area contributed by atoms with Crippen molar-refractivity contribution in [3.8, 4) is 0 Å². The first-order valence-corrected chi connectivity index (χ1v) is 6.68. The fraction of sp³-hybridized carbons (Fsp3) is 0.500. The number of carboxylic acid groups (broad SMARTS) is 1. The second-order valence-electron chi connectivity index (χ2n) is 4.17. The first-order chi connectivity index (χ1) is 10.6. The van der Waals surface area contributed by atoms with Crippen molar-refractivity contribution in [3.05, 3.63) is 12.2 Å². The minimum Gasteiger partial charge on any atom is -0.478 e. The van der Waals surface area contributed by atoms with Crippen LogP contribution in [0.5, 0.6) is 0 Å². The van der Waals surface area contributed by atoms with Gasteiger partial charge in [-0.3, -0.25) is 14.4 Å². The highest BCUT2D eigenvalue weighted by Gasteiger charge is 2.19. The van der Waals surface area contributed by atoms with Gasteiger partial charge in [-0.15, -0.1) is 0 Å². The predicted molar refractivity (Wildman–Crippen MR) is 77.8 cm³/mol. The maximum atomic E-state index is 11.0. The molecule has 0 saturated carbocycles.